The van der Waals surface area contributed by atoms with Crippen molar-refractivity contribution in [3.8, 4) is 0 Å². The summed E-state index contributed by atoms with van der Waals surface area (Å²) in [5.74, 6) is 0.640. The zero-order valence-electron chi connectivity index (χ0n) is 7.52. The first-order valence-corrected chi connectivity index (χ1v) is 4.17. The van der Waals surface area contributed by atoms with Gasteiger partial charge in [0.2, 0.25) is 0 Å². The molecule has 0 aliphatic heterocycles. The number of ether oxygens (including phenoxy) is 1. The molecule has 1 aliphatic rings. The van der Waals surface area contributed by atoms with Crippen molar-refractivity contribution in [1.82, 2.24) is 0 Å². The summed E-state index contributed by atoms with van der Waals surface area (Å²) in [6, 6.07) is 0. The zero-order chi connectivity index (χ0) is 8.48. The molecule has 0 aromatic heterocycles. The molecule has 2 heteroatoms. The number of carbonyl (C=O) groups excluding carboxylic acids is 1. The number of methoxy groups -OCH3 is 1. The van der Waals surface area contributed by atoms with Crippen LogP contribution in [0, 0.1) is 11.3 Å². The van der Waals surface area contributed by atoms with Gasteiger partial charge in [0, 0.05) is 0 Å². The summed E-state index contributed by atoms with van der Waals surface area (Å²) in [5, 5.41) is 0. The Morgan fingerprint density at radius 3 is 2.64 bits per heavy atom. The van der Waals surface area contributed by atoms with Crippen LogP contribution in [-0.4, -0.2) is 13.1 Å². The van der Waals surface area contributed by atoms with Crippen LogP contribution in [0.4, 0.5) is 0 Å². The highest BCUT2D eigenvalue weighted by Crippen LogP contribution is 2.41. The van der Waals surface area contributed by atoms with Crippen molar-refractivity contribution >= 4 is 5.97 Å². The smallest absolute Gasteiger partial charge is 0.311 e. The number of hydrogen-bond acceptors (Lipinski definition) is 2. The van der Waals surface area contributed by atoms with Crippen LogP contribution in [0.5, 0.6) is 0 Å². The Balaban J connectivity index is 2.61. The SMILES string of the molecule is COC(=O)[C@]1(C)CC[C@@H](C)C1. The molecule has 0 heterocycles. The highest BCUT2D eigenvalue weighted by molar-refractivity contribution is 5.76. The number of carbonyl (C=O) groups is 1. The van der Waals surface area contributed by atoms with Gasteiger partial charge in [0.25, 0.3) is 0 Å². The summed E-state index contributed by atoms with van der Waals surface area (Å²) in [7, 11) is 1.47. The summed E-state index contributed by atoms with van der Waals surface area (Å²) < 4.78 is 4.75. The first-order chi connectivity index (χ1) is 5.08. The fourth-order valence-electron chi connectivity index (χ4n) is 1.97. The summed E-state index contributed by atoms with van der Waals surface area (Å²) in [6.45, 7) is 4.19. The van der Waals surface area contributed by atoms with Crippen molar-refractivity contribution in [2.75, 3.05) is 7.11 Å². The predicted molar refractivity (Wildman–Crippen MR) is 43.1 cm³/mol. The van der Waals surface area contributed by atoms with Crippen LogP contribution in [0.25, 0.3) is 0 Å². The normalized spacial score (nSPS) is 37.2. The number of rotatable bonds is 1. The van der Waals surface area contributed by atoms with E-state index in [0.717, 1.165) is 19.3 Å². The van der Waals surface area contributed by atoms with Crippen molar-refractivity contribution in [2.24, 2.45) is 11.3 Å². The van der Waals surface area contributed by atoms with E-state index in [9.17, 15) is 4.79 Å². The molecule has 1 aliphatic carbocycles. The van der Waals surface area contributed by atoms with Crippen LogP contribution in [0.3, 0.4) is 0 Å². The zero-order valence-corrected chi connectivity index (χ0v) is 7.52. The van der Waals surface area contributed by atoms with Gasteiger partial charge in [0.15, 0.2) is 0 Å². The average molecular weight is 156 g/mol. The second kappa shape index (κ2) is 2.84. The molecule has 0 bridgehead atoms. The summed E-state index contributed by atoms with van der Waals surface area (Å²) >= 11 is 0. The average Bonchev–Trinajstić information content (AvgIpc) is 2.31. The monoisotopic (exact) mass is 156 g/mol. The second-order valence-corrected chi connectivity index (χ2v) is 3.90. The molecule has 0 aromatic rings. The first-order valence-electron chi connectivity index (χ1n) is 4.17. The minimum Gasteiger partial charge on any atom is -0.469 e. The Labute approximate surface area is 67.9 Å². The van der Waals surface area contributed by atoms with Crippen LogP contribution in [0.2, 0.25) is 0 Å². The fourth-order valence-corrected chi connectivity index (χ4v) is 1.97. The van der Waals surface area contributed by atoms with E-state index in [1.807, 2.05) is 6.92 Å². The Morgan fingerprint density at radius 2 is 2.27 bits per heavy atom. The summed E-state index contributed by atoms with van der Waals surface area (Å²) in [4.78, 5) is 11.3. The van der Waals surface area contributed by atoms with Crippen molar-refractivity contribution in [3.05, 3.63) is 0 Å². The van der Waals surface area contributed by atoms with E-state index in [2.05, 4.69) is 6.92 Å². The van der Waals surface area contributed by atoms with Crippen LogP contribution in [0.1, 0.15) is 33.1 Å². The Morgan fingerprint density at radius 1 is 1.64 bits per heavy atom. The molecule has 2 nitrogen and oxygen atoms in total. The molecule has 0 amide bonds. The van der Waals surface area contributed by atoms with E-state index < -0.39 is 0 Å². The molecule has 1 saturated carbocycles. The van der Waals surface area contributed by atoms with E-state index in [4.69, 9.17) is 4.74 Å². The lowest BCUT2D eigenvalue weighted by Gasteiger charge is -2.19. The third kappa shape index (κ3) is 1.55. The van der Waals surface area contributed by atoms with Crippen molar-refractivity contribution < 1.29 is 9.53 Å². The van der Waals surface area contributed by atoms with E-state index >= 15 is 0 Å². The molecule has 2 atom stereocenters. The van der Waals surface area contributed by atoms with E-state index in [0.29, 0.717) is 5.92 Å². The van der Waals surface area contributed by atoms with Crippen LogP contribution >= 0.6 is 0 Å². The number of hydrogen-bond donors (Lipinski definition) is 0. The maximum atomic E-state index is 11.3. The lowest BCUT2D eigenvalue weighted by Crippen LogP contribution is -2.25. The number of esters is 1. The maximum Gasteiger partial charge on any atom is 0.311 e. The van der Waals surface area contributed by atoms with E-state index in [1.54, 1.807) is 0 Å². The molecule has 0 unspecified atom stereocenters. The van der Waals surface area contributed by atoms with Crippen molar-refractivity contribution in [1.29, 1.82) is 0 Å². The topological polar surface area (TPSA) is 26.3 Å². The quantitative estimate of drug-likeness (QED) is 0.543. The molecule has 0 radical (unpaired) electrons. The van der Waals surface area contributed by atoms with Crippen LogP contribution < -0.4 is 0 Å². The molecular weight excluding hydrogens is 140 g/mol. The Hall–Kier alpha value is -0.530. The minimum atomic E-state index is -0.186. The molecule has 64 valence electrons. The standard InChI is InChI=1S/C9H16O2/c1-7-4-5-9(2,6-7)8(10)11-3/h7H,4-6H2,1-3H3/t7-,9-/m1/s1. The van der Waals surface area contributed by atoms with Gasteiger partial charge in [-0.2, -0.15) is 0 Å². The highest BCUT2D eigenvalue weighted by Gasteiger charge is 2.40. The molecule has 11 heavy (non-hydrogen) atoms. The van der Waals surface area contributed by atoms with Crippen LogP contribution in [0.15, 0.2) is 0 Å². The lowest BCUT2D eigenvalue weighted by molar-refractivity contribution is -0.151. The largest absolute Gasteiger partial charge is 0.469 e. The lowest BCUT2D eigenvalue weighted by atomic mass is 9.88. The van der Waals surface area contributed by atoms with Gasteiger partial charge in [-0.25, -0.2) is 0 Å². The fraction of sp³-hybridized carbons (Fsp3) is 0.889. The van der Waals surface area contributed by atoms with Gasteiger partial charge in [-0.3, -0.25) is 4.79 Å². The third-order valence-electron chi connectivity index (χ3n) is 2.67. The summed E-state index contributed by atoms with van der Waals surface area (Å²) in [5.41, 5.74) is -0.186. The van der Waals surface area contributed by atoms with Crippen molar-refractivity contribution in [2.45, 2.75) is 33.1 Å². The molecule has 1 rings (SSSR count). The second-order valence-electron chi connectivity index (χ2n) is 3.90. The Kier molecular flexibility index (Phi) is 2.21. The molecule has 0 spiro atoms. The van der Waals surface area contributed by atoms with Gasteiger partial charge in [-0.15, -0.1) is 0 Å². The Bertz CT molecular complexity index is 165. The van der Waals surface area contributed by atoms with E-state index in [1.165, 1.54) is 7.11 Å². The van der Waals surface area contributed by atoms with E-state index in [-0.39, 0.29) is 11.4 Å². The third-order valence-corrected chi connectivity index (χ3v) is 2.67. The minimum absolute atomic E-state index is 0.0400. The van der Waals surface area contributed by atoms with Gasteiger partial charge in [-0.05, 0) is 32.1 Å². The predicted octanol–water partition coefficient (Wildman–Crippen LogP) is 1.99. The molecule has 0 N–H and O–H groups in total. The maximum absolute atomic E-state index is 11.3. The molecule has 1 fully saturated rings. The van der Waals surface area contributed by atoms with Crippen molar-refractivity contribution in [3.63, 3.8) is 0 Å². The van der Waals surface area contributed by atoms with Crippen LogP contribution in [-0.2, 0) is 9.53 Å². The van der Waals surface area contributed by atoms with Gasteiger partial charge in [-0.1, -0.05) is 6.92 Å². The van der Waals surface area contributed by atoms with Gasteiger partial charge in [0.1, 0.15) is 0 Å². The van der Waals surface area contributed by atoms with Gasteiger partial charge >= 0.3 is 5.97 Å². The molecular formula is C9H16O2. The summed E-state index contributed by atoms with van der Waals surface area (Å²) in [6.07, 6.45) is 3.13. The molecule has 0 aromatic carbocycles. The van der Waals surface area contributed by atoms with Gasteiger partial charge in [0.05, 0.1) is 12.5 Å². The first kappa shape index (κ1) is 8.57. The van der Waals surface area contributed by atoms with Gasteiger partial charge < -0.3 is 4.74 Å². The molecule has 0 saturated heterocycles. The highest BCUT2D eigenvalue weighted by atomic mass is 16.5.